The van der Waals surface area contributed by atoms with Gasteiger partial charge in [-0.1, -0.05) is 54.6 Å². The molecule has 8 nitrogen and oxygen atoms in total. The minimum Gasteiger partial charge on any atom is -0.381 e. The molecule has 0 radical (unpaired) electrons. The maximum Gasteiger partial charge on any atom is 0.318 e. The fourth-order valence-corrected chi connectivity index (χ4v) is 6.86. The molecule has 0 bridgehead atoms. The molecule has 4 amide bonds. The number of aryl methyl sites for hydroxylation is 1. The van der Waals surface area contributed by atoms with Gasteiger partial charge >= 0.3 is 6.03 Å². The lowest BCUT2D eigenvalue weighted by atomic mass is 9.97. The van der Waals surface area contributed by atoms with Crippen LogP contribution in [0.1, 0.15) is 30.5 Å². The standard InChI is InChI=1S/C28H36N4O4S2/c1-19-9-7-8-12-21(19)16-29-25(34)24-28(2,3)38-18-32(24)26(35)23(33)22(15-20-10-5-4-6-11-20)30-27(36)31-13-14-37-17-31/h4-12,22-24,33H,13-18H2,1-3H3,(H,29,34)(H,30,36)/t22-,23-,24+/m0/s1. The molecule has 4 rings (SSSR count). The molecule has 2 aromatic carbocycles. The Bertz CT molecular complexity index is 1140. The van der Waals surface area contributed by atoms with Gasteiger partial charge in [0.2, 0.25) is 5.91 Å². The first-order valence-corrected chi connectivity index (χ1v) is 14.9. The number of carbonyl (C=O) groups is 3. The molecule has 204 valence electrons. The number of aliphatic hydroxyl groups excluding tert-OH is 1. The fraction of sp³-hybridized carbons (Fsp3) is 0.464. The summed E-state index contributed by atoms with van der Waals surface area (Å²) in [6.07, 6.45) is -1.22. The fourth-order valence-electron chi connectivity index (χ4n) is 4.78. The van der Waals surface area contributed by atoms with Crippen LogP contribution in [0.4, 0.5) is 4.79 Å². The highest BCUT2D eigenvalue weighted by Gasteiger charge is 2.49. The molecule has 2 saturated heterocycles. The Morgan fingerprint density at radius 2 is 1.79 bits per heavy atom. The number of carbonyl (C=O) groups excluding carboxylic acids is 3. The van der Waals surface area contributed by atoms with Gasteiger partial charge in [-0.05, 0) is 43.9 Å². The first-order chi connectivity index (χ1) is 18.2. The van der Waals surface area contributed by atoms with Crippen LogP contribution in [0.15, 0.2) is 54.6 Å². The monoisotopic (exact) mass is 556 g/mol. The SMILES string of the molecule is Cc1ccccc1CNC(=O)[C@H]1N(C(=O)[C@@H](O)[C@H](Cc2ccccc2)NC(=O)N2CCSC2)CSC1(C)C. The molecular weight excluding hydrogens is 520 g/mol. The van der Waals surface area contributed by atoms with E-state index in [-0.39, 0.29) is 24.2 Å². The van der Waals surface area contributed by atoms with Crippen molar-refractivity contribution in [3.63, 3.8) is 0 Å². The summed E-state index contributed by atoms with van der Waals surface area (Å²) in [7, 11) is 0. The quantitative estimate of drug-likeness (QED) is 0.462. The lowest BCUT2D eigenvalue weighted by Crippen LogP contribution is -2.59. The molecule has 2 aliphatic heterocycles. The number of nitrogens with one attached hydrogen (secondary N) is 2. The van der Waals surface area contributed by atoms with E-state index in [1.54, 1.807) is 16.7 Å². The number of rotatable bonds is 8. The minimum absolute atomic E-state index is 0.262. The summed E-state index contributed by atoms with van der Waals surface area (Å²) < 4.78 is -0.545. The Kier molecular flexibility index (Phi) is 9.27. The highest BCUT2D eigenvalue weighted by molar-refractivity contribution is 8.01. The second-order valence-electron chi connectivity index (χ2n) is 10.2. The van der Waals surface area contributed by atoms with E-state index >= 15 is 0 Å². The van der Waals surface area contributed by atoms with Gasteiger partial charge in [0.1, 0.15) is 6.04 Å². The minimum atomic E-state index is -1.50. The van der Waals surface area contributed by atoms with Gasteiger partial charge in [-0.25, -0.2) is 4.79 Å². The number of urea groups is 1. The molecule has 0 unspecified atom stereocenters. The van der Waals surface area contributed by atoms with Gasteiger partial charge in [0.15, 0.2) is 6.10 Å². The van der Waals surface area contributed by atoms with Crippen LogP contribution in [0, 0.1) is 6.92 Å². The van der Waals surface area contributed by atoms with Crippen molar-refractivity contribution in [3.8, 4) is 0 Å². The van der Waals surface area contributed by atoms with Crippen LogP contribution in [0.5, 0.6) is 0 Å². The van der Waals surface area contributed by atoms with Crippen molar-refractivity contribution in [1.82, 2.24) is 20.4 Å². The van der Waals surface area contributed by atoms with Crippen molar-refractivity contribution in [2.24, 2.45) is 0 Å². The predicted molar refractivity (Wildman–Crippen MR) is 153 cm³/mol. The van der Waals surface area contributed by atoms with Crippen LogP contribution in [0.25, 0.3) is 0 Å². The zero-order valence-electron chi connectivity index (χ0n) is 22.1. The van der Waals surface area contributed by atoms with Crippen molar-refractivity contribution in [1.29, 1.82) is 0 Å². The van der Waals surface area contributed by atoms with Gasteiger partial charge in [0, 0.05) is 23.6 Å². The number of amides is 4. The molecule has 2 aliphatic rings. The van der Waals surface area contributed by atoms with Gasteiger partial charge in [0.05, 0.1) is 17.8 Å². The highest BCUT2D eigenvalue weighted by Crippen LogP contribution is 2.40. The van der Waals surface area contributed by atoms with E-state index in [4.69, 9.17) is 0 Å². The molecule has 2 fully saturated rings. The maximum atomic E-state index is 13.7. The average Bonchev–Trinajstić information content (AvgIpc) is 3.55. The number of hydrogen-bond acceptors (Lipinski definition) is 6. The first-order valence-electron chi connectivity index (χ1n) is 12.8. The Labute approximate surface area is 232 Å². The van der Waals surface area contributed by atoms with Gasteiger partial charge in [0.25, 0.3) is 5.91 Å². The number of nitrogens with zero attached hydrogens (tertiary/aromatic N) is 2. The molecular formula is C28H36N4O4S2. The smallest absolute Gasteiger partial charge is 0.318 e. The van der Waals surface area contributed by atoms with Crippen molar-refractivity contribution < 1.29 is 19.5 Å². The largest absolute Gasteiger partial charge is 0.381 e. The van der Waals surface area contributed by atoms with Crippen LogP contribution in [0.3, 0.4) is 0 Å². The molecule has 2 aromatic rings. The summed E-state index contributed by atoms with van der Waals surface area (Å²) in [5, 5.41) is 17.2. The molecule has 3 N–H and O–H groups in total. The summed E-state index contributed by atoms with van der Waals surface area (Å²) in [5.41, 5.74) is 2.98. The molecule has 38 heavy (non-hydrogen) atoms. The first kappa shape index (κ1) is 28.3. The average molecular weight is 557 g/mol. The summed E-state index contributed by atoms with van der Waals surface area (Å²) in [4.78, 5) is 43.2. The van der Waals surface area contributed by atoms with Gasteiger partial charge in [-0.2, -0.15) is 0 Å². The number of thioether (sulfide) groups is 2. The molecule has 0 saturated carbocycles. The lowest BCUT2D eigenvalue weighted by Gasteiger charge is -2.33. The molecule has 10 heteroatoms. The Hall–Kier alpha value is -2.69. The van der Waals surface area contributed by atoms with Gasteiger partial charge in [-0.15, -0.1) is 23.5 Å². The van der Waals surface area contributed by atoms with E-state index in [1.165, 1.54) is 16.7 Å². The summed E-state index contributed by atoms with van der Waals surface area (Å²) in [6.45, 7) is 6.84. The van der Waals surface area contributed by atoms with E-state index < -0.39 is 28.8 Å². The van der Waals surface area contributed by atoms with E-state index in [9.17, 15) is 19.5 Å². The third kappa shape index (κ3) is 6.65. The third-order valence-electron chi connectivity index (χ3n) is 7.07. The summed E-state index contributed by atoms with van der Waals surface area (Å²) in [5.74, 6) is 0.892. The van der Waals surface area contributed by atoms with E-state index in [0.717, 1.165) is 22.4 Å². The number of hydrogen-bond donors (Lipinski definition) is 3. The van der Waals surface area contributed by atoms with Crippen molar-refractivity contribution in [2.75, 3.05) is 24.1 Å². The molecule has 0 aromatic heterocycles. The zero-order chi connectivity index (χ0) is 27.3. The van der Waals surface area contributed by atoms with Gasteiger partial charge < -0.3 is 25.5 Å². The van der Waals surface area contributed by atoms with Crippen LogP contribution >= 0.6 is 23.5 Å². The van der Waals surface area contributed by atoms with Crippen molar-refractivity contribution in [2.45, 2.75) is 56.7 Å². The molecule has 2 heterocycles. The van der Waals surface area contributed by atoms with Gasteiger partial charge in [-0.3, -0.25) is 9.59 Å². The van der Waals surface area contributed by atoms with Crippen molar-refractivity contribution in [3.05, 3.63) is 71.3 Å². The Morgan fingerprint density at radius 1 is 1.08 bits per heavy atom. The Balaban J connectivity index is 1.50. The zero-order valence-corrected chi connectivity index (χ0v) is 23.7. The van der Waals surface area contributed by atoms with Crippen LogP contribution < -0.4 is 10.6 Å². The number of aliphatic hydroxyl groups is 1. The molecule has 0 aliphatic carbocycles. The maximum absolute atomic E-state index is 13.7. The van der Waals surface area contributed by atoms with E-state index in [2.05, 4.69) is 10.6 Å². The topological polar surface area (TPSA) is 102 Å². The second kappa shape index (κ2) is 12.4. The van der Waals surface area contributed by atoms with Crippen molar-refractivity contribution >= 4 is 41.4 Å². The van der Waals surface area contributed by atoms with Crippen LogP contribution in [0.2, 0.25) is 0 Å². The molecule has 3 atom stereocenters. The Morgan fingerprint density at radius 3 is 2.47 bits per heavy atom. The van der Waals surface area contributed by atoms with Crippen LogP contribution in [-0.4, -0.2) is 79.7 Å². The second-order valence-corrected chi connectivity index (χ2v) is 12.9. The third-order valence-corrected chi connectivity index (χ3v) is 9.41. The lowest BCUT2D eigenvalue weighted by molar-refractivity contribution is -0.147. The van der Waals surface area contributed by atoms with Crippen LogP contribution in [-0.2, 0) is 22.6 Å². The summed E-state index contributed by atoms with van der Waals surface area (Å²) in [6, 6.07) is 15.4. The van der Waals surface area contributed by atoms with E-state index in [0.29, 0.717) is 19.0 Å². The number of benzene rings is 2. The summed E-state index contributed by atoms with van der Waals surface area (Å²) >= 11 is 3.16. The normalized spacial score (nSPS) is 20.2. The highest BCUT2D eigenvalue weighted by atomic mass is 32.2. The predicted octanol–water partition coefficient (Wildman–Crippen LogP) is 2.98. The molecule has 0 spiro atoms. The van der Waals surface area contributed by atoms with E-state index in [1.807, 2.05) is 75.4 Å².